The first-order valence-electron chi connectivity index (χ1n) is 7.27. The highest BCUT2D eigenvalue weighted by Crippen LogP contribution is 2.35. The molecule has 2 aromatic heterocycles. The highest BCUT2D eigenvalue weighted by atomic mass is 32.2. The van der Waals surface area contributed by atoms with Crippen molar-refractivity contribution >= 4 is 20.9 Å². The number of aromatic nitrogens is 4. The zero-order chi connectivity index (χ0) is 20.1. The fourth-order valence-corrected chi connectivity index (χ4v) is 3.06. The van der Waals surface area contributed by atoms with Crippen molar-refractivity contribution in [2.45, 2.75) is 13.1 Å². The molecule has 2 N–H and O–H groups in total. The molecular weight excluding hydrogens is 391 g/mol. The molecule has 0 aliphatic heterocycles. The second kappa shape index (κ2) is 5.97. The van der Waals surface area contributed by atoms with Gasteiger partial charge in [-0.2, -0.15) is 17.8 Å². The van der Waals surface area contributed by atoms with Crippen LogP contribution in [0.25, 0.3) is 16.6 Å². The van der Waals surface area contributed by atoms with Gasteiger partial charge in [0.25, 0.3) is 5.56 Å². The van der Waals surface area contributed by atoms with E-state index in [1.54, 1.807) is 4.83 Å². The number of sulfonamides is 1. The van der Waals surface area contributed by atoms with Crippen LogP contribution in [-0.2, 0) is 16.2 Å². The standard InChI is InChI=1S/C14H12F3N5O4S/c1-7-18-3-4-21(7)11-5-8-10(6-9(11)14(15,16)17)19-13(24)22(12(8)23)20-27(2,25)26/h3-6,20H,1-2H3,(H,19,24). The van der Waals surface area contributed by atoms with Crippen LogP contribution >= 0.6 is 0 Å². The molecule has 0 aliphatic rings. The Morgan fingerprint density at radius 1 is 1.22 bits per heavy atom. The van der Waals surface area contributed by atoms with Crippen LogP contribution in [0.3, 0.4) is 0 Å². The number of aromatic amines is 1. The molecule has 1 aromatic carbocycles. The molecule has 144 valence electrons. The number of hydrogen-bond donors (Lipinski definition) is 2. The lowest BCUT2D eigenvalue weighted by Gasteiger charge is -2.16. The van der Waals surface area contributed by atoms with Crippen molar-refractivity contribution in [1.29, 1.82) is 0 Å². The van der Waals surface area contributed by atoms with Crippen molar-refractivity contribution < 1.29 is 21.6 Å². The molecular formula is C14H12F3N5O4S. The maximum Gasteiger partial charge on any atom is 0.418 e. The summed E-state index contributed by atoms with van der Waals surface area (Å²) in [6.07, 6.45) is -1.49. The lowest BCUT2D eigenvalue weighted by atomic mass is 10.1. The number of halogens is 3. The number of hydrogen-bond acceptors (Lipinski definition) is 5. The van der Waals surface area contributed by atoms with E-state index in [-0.39, 0.29) is 27.1 Å². The van der Waals surface area contributed by atoms with Gasteiger partial charge in [-0.1, -0.05) is 0 Å². The third-order valence-corrected chi connectivity index (χ3v) is 4.18. The average molecular weight is 403 g/mol. The van der Waals surface area contributed by atoms with Crippen molar-refractivity contribution in [3.8, 4) is 5.69 Å². The van der Waals surface area contributed by atoms with E-state index in [1.807, 2.05) is 0 Å². The quantitative estimate of drug-likeness (QED) is 0.668. The first kappa shape index (κ1) is 18.7. The summed E-state index contributed by atoms with van der Waals surface area (Å²) in [5.41, 5.74) is -4.21. The molecule has 0 bridgehead atoms. The van der Waals surface area contributed by atoms with Crippen LogP contribution in [0.2, 0.25) is 0 Å². The number of H-pyrrole nitrogens is 1. The SMILES string of the molecule is Cc1nccn1-c1cc2c(=O)n(NS(C)(=O)=O)c(=O)[nH]c2cc1C(F)(F)F. The lowest BCUT2D eigenvalue weighted by Crippen LogP contribution is -2.43. The van der Waals surface area contributed by atoms with E-state index >= 15 is 0 Å². The van der Waals surface area contributed by atoms with Gasteiger partial charge in [0.05, 0.1) is 28.4 Å². The van der Waals surface area contributed by atoms with Crippen molar-refractivity contribution in [2.24, 2.45) is 0 Å². The molecule has 0 amide bonds. The lowest BCUT2D eigenvalue weighted by molar-refractivity contribution is -0.137. The number of alkyl halides is 3. The van der Waals surface area contributed by atoms with Gasteiger partial charge in [-0.15, -0.1) is 0 Å². The molecule has 0 atom stereocenters. The van der Waals surface area contributed by atoms with Crippen molar-refractivity contribution in [3.63, 3.8) is 0 Å². The Kier molecular flexibility index (Phi) is 4.14. The Morgan fingerprint density at radius 3 is 2.41 bits per heavy atom. The van der Waals surface area contributed by atoms with Crippen LogP contribution in [0, 0.1) is 6.92 Å². The van der Waals surface area contributed by atoms with Crippen molar-refractivity contribution in [2.75, 3.05) is 11.1 Å². The highest BCUT2D eigenvalue weighted by Gasteiger charge is 2.35. The summed E-state index contributed by atoms with van der Waals surface area (Å²) in [5, 5.41) is -0.318. The predicted octanol–water partition coefficient (Wildman–Crippen LogP) is 0.706. The zero-order valence-electron chi connectivity index (χ0n) is 13.8. The van der Waals surface area contributed by atoms with Crippen LogP contribution in [0.1, 0.15) is 11.4 Å². The summed E-state index contributed by atoms with van der Waals surface area (Å²) in [4.78, 5) is 32.1. The Morgan fingerprint density at radius 2 is 1.89 bits per heavy atom. The number of aryl methyl sites for hydroxylation is 1. The first-order valence-corrected chi connectivity index (χ1v) is 9.16. The number of benzene rings is 1. The summed E-state index contributed by atoms with van der Waals surface area (Å²) < 4.78 is 64.5. The molecule has 0 spiro atoms. The minimum Gasteiger partial charge on any atom is -0.305 e. The number of fused-ring (bicyclic) bond motifs is 1. The molecule has 9 nitrogen and oxygen atoms in total. The average Bonchev–Trinajstić information content (AvgIpc) is 2.94. The van der Waals surface area contributed by atoms with Gasteiger partial charge >= 0.3 is 11.9 Å². The molecule has 0 unspecified atom stereocenters. The van der Waals surface area contributed by atoms with E-state index in [0.29, 0.717) is 6.07 Å². The molecule has 27 heavy (non-hydrogen) atoms. The predicted molar refractivity (Wildman–Crippen MR) is 89.9 cm³/mol. The third-order valence-electron chi connectivity index (χ3n) is 3.66. The molecule has 2 heterocycles. The van der Waals surface area contributed by atoms with Gasteiger partial charge in [0.1, 0.15) is 5.82 Å². The van der Waals surface area contributed by atoms with Gasteiger partial charge in [0, 0.05) is 12.4 Å². The maximum absolute atomic E-state index is 13.5. The summed E-state index contributed by atoms with van der Waals surface area (Å²) in [7, 11) is -3.98. The summed E-state index contributed by atoms with van der Waals surface area (Å²) in [6.45, 7) is 1.47. The maximum atomic E-state index is 13.5. The smallest absolute Gasteiger partial charge is 0.305 e. The molecule has 0 saturated heterocycles. The molecule has 0 aliphatic carbocycles. The summed E-state index contributed by atoms with van der Waals surface area (Å²) in [6, 6.07) is 1.54. The molecule has 3 rings (SSSR count). The van der Waals surface area contributed by atoms with Crippen LogP contribution in [-0.4, -0.2) is 33.9 Å². The van der Waals surface area contributed by atoms with Crippen LogP contribution in [0.4, 0.5) is 13.2 Å². The van der Waals surface area contributed by atoms with Crippen molar-refractivity contribution in [3.05, 3.63) is 56.8 Å². The van der Waals surface area contributed by atoms with Crippen LogP contribution < -0.4 is 16.1 Å². The minimum atomic E-state index is -4.78. The molecule has 3 aromatic rings. The Labute approximate surface area is 149 Å². The van der Waals surface area contributed by atoms with E-state index in [9.17, 15) is 31.2 Å². The van der Waals surface area contributed by atoms with E-state index in [0.717, 1.165) is 16.9 Å². The van der Waals surface area contributed by atoms with E-state index in [4.69, 9.17) is 0 Å². The number of nitrogens with one attached hydrogen (secondary N) is 2. The summed E-state index contributed by atoms with van der Waals surface area (Å²) >= 11 is 0. The van der Waals surface area contributed by atoms with Crippen LogP contribution in [0.15, 0.2) is 34.1 Å². The Balaban J connectivity index is 2.43. The van der Waals surface area contributed by atoms with Gasteiger partial charge in [-0.05, 0) is 19.1 Å². The van der Waals surface area contributed by atoms with Gasteiger partial charge in [-0.3, -0.25) is 4.79 Å². The van der Waals surface area contributed by atoms with Gasteiger partial charge < -0.3 is 9.55 Å². The second-order valence-corrected chi connectivity index (χ2v) is 7.42. The number of nitrogens with zero attached hydrogens (tertiary/aromatic N) is 3. The van der Waals surface area contributed by atoms with Gasteiger partial charge in [0.15, 0.2) is 0 Å². The van der Waals surface area contributed by atoms with Crippen LogP contribution in [0.5, 0.6) is 0 Å². The van der Waals surface area contributed by atoms with E-state index in [2.05, 4.69) is 9.97 Å². The Hall–Kier alpha value is -3.09. The van der Waals surface area contributed by atoms with E-state index in [1.165, 1.54) is 19.3 Å². The summed E-state index contributed by atoms with van der Waals surface area (Å²) in [5.74, 6) is 0.235. The van der Waals surface area contributed by atoms with E-state index < -0.39 is 33.0 Å². The normalized spacial score (nSPS) is 12.5. The molecule has 0 saturated carbocycles. The Bertz CT molecular complexity index is 1270. The number of imidazole rings is 1. The van der Waals surface area contributed by atoms with Gasteiger partial charge in [0.2, 0.25) is 10.0 Å². The topological polar surface area (TPSA) is 119 Å². The largest absolute Gasteiger partial charge is 0.418 e. The minimum absolute atomic E-state index is 0.176. The van der Waals surface area contributed by atoms with Gasteiger partial charge in [-0.25, -0.2) is 23.0 Å². The molecule has 0 radical (unpaired) electrons. The first-order chi connectivity index (χ1) is 12.4. The second-order valence-electron chi connectivity index (χ2n) is 5.69. The molecule has 0 fully saturated rings. The fourth-order valence-electron chi connectivity index (χ4n) is 2.56. The third kappa shape index (κ3) is 3.45. The highest BCUT2D eigenvalue weighted by molar-refractivity contribution is 7.91. The number of rotatable bonds is 3. The molecule has 13 heteroatoms. The zero-order valence-corrected chi connectivity index (χ0v) is 14.6. The monoisotopic (exact) mass is 403 g/mol. The van der Waals surface area contributed by atoms with Crippen molar-refractivity contribution in [1.82, 2.24) is 19.2 Å². The fraction of sp³-hybridized carbons (Fsp3) is 0.214.